The van der Waals surface area contributed by atoms with Crippen LogP contribution in [0.4, 0.5) is 5.82 Å². The van der Waals surface area contributed by atoms with Crippen molar-refractivity contribution in [2.75, 3.05) is 65.4 Å². The van der Waals surface area contributed by atoms with E-state index < -0.39 is 0 Å². The minimum atomic E-state index is -0.255. The Morgan fingerprint density at radius 1 is 1.23 bits per heavy atom. The van der Waals surface area contributed by atoms with Gasteiger partial charge in [0.2, 0.25) is 11.8 Å². The van der Waals surface area contributed by atoms with Gasteiger partial charge >= 0.3 is 0 Å². The van der Waals surface area contributed by atoms with Gasteiger partial charge in [-0.25, -0.2) is 9.97 Å². The molecule has 2 amide bonds. The number of ether oxygens (including phenoxy) is 1. The van der Waals surface area contributed by atoms with Crippen molar-refractivity contribution in [2.24, 2.45) is 5.73 Å². The molecule has 0 unspecified atom stereocenters. The van der Waals surface area contributed by atoms with Gasteiger partial charge in [0, 0.05) is 71.6 Å². The third-order valence-electron chi connectivity index (χ3n) is 6.03. The Balaban J connectivity index is 1.71. The van der Waals surface area contributed by atoms with E-state index in [0.29, 0.717) is 39.1 Å². The van der Waals surface area contributed by atoms with Gasteiger partial charge in [0.05, 0.1) is 12.3 Å². The van der Waals surface area contributed by atoms with Crippen molar-refractivity contribution in [1.82, 2.24) is 19.8 Å². The molecule has 2 aliphatic heterocycles. The van der Waals surface area contributed by atoms with E-state index in [1.54, 1.807) is 7.11 Å². The van der Waals surface area contributed by atoms with Crippen molar-refractivity contribution >= 4 is 17.6 Å². The maximum atomic E-state index is 12.4. The molecule has 2 aliphatic rings. The summed E-state index contributed by atoms with van der Waals surface area (Å²) in [5.41, 5.74) is 6.22. The van der Waals surface area contributed by atoms with Gasteiger partial charge in [-0.15, -0.1) is 0 Å². The van der Waals surface area contributed by atoms with E-state index in [1.165, 1.54) is 0 Å². The summed E-state index contributed by atoms with van der Waals surface area (Å²) in [6.45, 7) is 4.38. The van der Waals surface area contributed by atoms with Crippen LogP contribution in [-0.2, 0) is 14.3 Å². The van der Waals surface area contributed by atoms with E-state index in [1.807, 2.05) is 30.0 Å². The third kappa shape index (κ3) is 5.66. The molecule has 1 aromatic rings. The van der Waals surface area contributed by atoms with Gasteiger partial charge in [-0.3, -0.25) is 9.59 Å². The fourth-order valence-corrected chi connectivity index (χ4v) is 4.16. The average Bonchev–Trinajstić information content (AvgIpc) is 3.11. The summed E-state index contributed by atoms with van der Waals surface area (Å²) in [5, 5.41) is 0. The monoisotopic (exact) mass is 418 g/mol. The lowest BCUT2D eigenvalue weighted by Gasteiger charge is -2.31. The number of nitrogens with zero attached hydrogens (tertiary/aromatic N) is 5. The molecule has 2 N–H and O–H groups in total. The smallest absolute Gasteiger partial charge is 0.223 e. The van der Waals surface area contributed by atoms with Crippen LogP contribution in [0, 0.1) is 0 Å². The van der Waals surface area contributed by atoms with Crippen LogP contribution in [0.25, 0.3) is 0 Å². The van der Waals surface area contributed by atoms with Crippen molar-refractivity contribution in [3.8, 4) is 0 Å². The molecule has 0 radical (unpaired) electrons. The molecule has 3 rings (SSSR count). The van der Waals surface area contributed by atoms with Crippen LogP contribution >= 0.6 is 0 Å². The summed E-state index contributed by atoms with van der Waals surface area (Å²) in [7, 11) is 5.61. The molecule has 0 saturated carbocycles. The van der Waals surface area contributed by atoms with E-state index >= 15 is 0 Å². The summed E-state index contributed by atoms with van der Waals surface area (Å²) in [4.78, 5) is 39.3. The van der Waals surface area contributed by atoms with Crippen molar-refractivity contribution in [1.29, 1.82) is 0 Å². The van der Waals surface area contributed by atoms with E-state index in [4.69, 9.17) is 20.4 Å². The molecule has 2 saturated heterocycles. The van der Waals surface area contributed by atoms with E-state index in [-0.39, 0.29) is 23.7 Å². The second-order valence-electron chi connectivity index (χ2n) is 8.47. The van der Waals surface area contributed by atoms with Crippen LogP contribution in [0.5, 0.6) is 0 Å². The summed E-state index contributed by atoms with van der Waals surface area (Å²) in [5.74, 6) is 2.03. The molecule has 30 heavy (non-hydrogen) atoms. The van der Waals surface area contributed by atoms with Crippen LogP contribution in [0.1, 0.15) is 49.0 Å². The van der Waals surface area contributed by atoms with Gasteiger partial charge in [0.25, 0.3) is 0 Å². The largest absolute Gasteiger partial charge is 0.383 e. The predicted molar refractivity (Wildman–Crippen MR) is 114 cm³/mol. The Labute approximate surface area is 178 Å². The first-order chi connectivity index (χ1) is 14.4. The van der Waals surface area contributed by atoms with Gasteiger partial charge in [0.15, 0.2) is 0 Å². The van der Waals surface area contributed by atoms with E-state index in [2.05, 4.69) is 4.90 Å². The fourth-order valence-electron chi connectivity index (χ4n) is 4.16. The number of carbonyl (C=O) groups is 2. The Morgan fingerprint density at radius 3 is 2.60 bits per heavy atom. The quantitative estimate of drug-likeness (QED) is 0.625. The molecule has 1 aromatic heterocycles. The number of amides is 2. The number of piperidine rings is 1. The third-order valence-corrected chi connectivity index (χ3v) is 6.03. The number of aromatic nitrogens is 2. The van der Waals surface area contributed by atoms with Crippen LogP contribution < -0.4 is 10.6 Å². The highest BCUT2D eigenvalue weighted by atomic mass is 16.5. The lowest BCUT2D eigenvalue weighted by Crippen LogP contribution is -2.35. The molecule has 9 nitrogen and oxygen atoms in total. The highest BCUT2D eigenvalue weighted by molar-refractivity contribution is 5.79. The minimum absolute atomic E-state index is 0.0884. The first kappa shape index (κ1) is 22.4. The van der Waals surface area contributed by atoms with Crippen LogP contribution in [0.2, 0.25) is 0 Å². The first-order valence-electron chi connectivity index (χ1n) is 10.7. The summed E-state index contributed by atoms with van der Waals surface area (Å²) >= 11 is 0. The van der Waals surface area contributed by atoms with E-state index in [9.17, 15) is 9.59 Å². The number of nitrogens with two attached hydrogens (primary N) is 1. The van der Waals surface area contributed by atoms with Crippen LogP contribution in [-0.4, -0.2) is 92.1 Å². The molecular weight excluding hydrogens is 384 g/mol. The molecule has 0 spiro atoms. The molecular formula is C21H34N6O3. The fraction of sp³-hybridized carbons (Fsp3) is 0.714. The predicted octanol–water partition coefficient (Wildman–Crippen LogP) is 0.560. The number of hydrogen-bond acceptors (Lipinski definition) is 7. The Morgan fingerprint density at radius 2 is 1.97 bits per heavy atom. The van der Waals surface area contributed by atoms with Crippen molar-refractivity contribution in [2.45, 2.75) is 37.5 Å². The number of hydrogen-bond donors (Lipinski definition) is 1. The van der Waals surface area contributed by atoms with Crippen molar-refractivity contribution < 1.29 is 14.3 Å². The zero-order valence-corrected chi connectivity index (χ0v) is 18.3. The van der Waals surface area contributed by atoms with Gasteiger partial charge < -0.3 is 25.2 Å². The SMILES string of the molecule is COCCN1C[C@@H](c2cc(N(C)C)nc(C3CCN(CCC(N)=O)CC3)n2)CC1=O. The number of primary amides is 1. The second kappa shape index (κ2) is 10.2. The summed E-state index contributed by atoms with van der Waals surface area (Å²) < 4.78 is 5.13. The average molecular weight is 419 g/mol. The summed E-state index contributed by atoms with van der Waals surface area (Å²) in [6.07, 6.45) is 2.80. The first-order valence-corrected chi connectivity index (χ1v) is 10.7. The maximum absolute atomic E-state index is 12.4. The molecule has 166 valence electrons. The van der Waals surface area contributed by atoms with Crippen molar-refractivity contribution in [3.05, 3.63) is 17.6 Å². The lowest BCUT2D eigenvalue weighted by molar-refractivity contribution is -0.128. The zero-order valence-electron chi connectivity index (χ0n) is 18.3. The highest BCUT2D eigenvalue weighted by Crippen LogP contribution is 2.32. The van der Waals surface area contributed by atoms with Gasteiger partial charge in [0.1, 0.15) is 11.6 Å². The molecule has 2 fully saturated rings. The molecule has 9 heteroatoms. The molecule has 0 aliphatic carbocycles. The van der Waals surface area contributed by atoms with Crippen LogP contribution in [0.15, 0.2) is 6.07 Å². The molecule has 3 heterocycles. The zero-order chi connectivity index (χ0) is 21.7. The topological polar surface area (TPSA) is 105 Å². The normalized spacial score (nSPS) is 20.7. The Hall–Kier alpha value is -2.26. The number of carbonyl (C=O) groups excluding carboxylic acids is 2. The van der Waals surface area contributed by atoms with Gasteiger partial charge in [-0.05, 0) is 25.9 Å². The minimum Gasteiger partial charge on any atom is -0.383 e. The van der Waals surface area contributed by atoms with E-state index in [0.717, 1.165) is 43.3 Å². The van der Waals surface area contributed by atoms with Crippen LogP contribution in [0.3, 0.4) is 0 Å². The number of anilines is 1. The second-order valence-corrected chi connectivity index (χ2v) is 8.47. The lowest BCUT2D eigenvalue weighted by atomic mass is 9.95. The molecule has 1 atom stereocenters. The Kier molecular flexibility index (Phi) is 7.60. The molecule has 0 bridgehead atoms. The number of likely N-dealkylation sites (tertiary alicyclic amines) is 2. The standard InChI is InChI=1S/C21H34N6O3/c1-25(2)19-13-17(16-12-20(29)27(14-16)10-11-30-3)23-21(24-19)15-4-7-26(8-5-15)9-6-18(22)28/h13,15-16H,4-12,14H2,1-3H3,(H2,22,28)/t16-/m0/s1. The maximum Gasteiger partial charge on any atom is 0.223 e. The van der Waals surface area contributed by atoms with Gasteiger partial charge in [-0.1, -0.05) is 0 Å². The highest BCUT2D eigenvalue weighted by Gasteiger charge is 2.33. The Bertz CT molecular complexity index is 748. The van der Waals surface area contributed by atoms with Crippen molar-refractivity contribution in [3.63, 3.8) is 0 Å². The van der Waals surface area contributed by atoms with Gasteiger partial charge in [-0.2, -0.15) is 0 Å². The number of rotatable bonds is 9. The molecule has 0 aromatic carbocycles. The number of methoxy groups -OCH3 is 1. The summed E-state index contributed by atoms with van der Waals surface area (Å²) in [6, 6.07) is 2.02.